The third-order valence-electron chi connectivity index (χ3n) is 3.63. The van der Waals surface area contributed by atoms with E-state index in [2.05, 4.69) is 5.32 Å². The minimum Gasteiger partial charge on any atom is -0.495 e. The van der Waals surface area contributed by atoms with Gasteiger partial charge < -0.3 is 10.1 Å². The third kappa shape index (κ3) is 5.04. The summed E-state index contributed by atoms with van der Waals surface area (Å²) >= 11 is 1.64. The Morgan fingerprint density at radius 2 is 1.96 bits per heavy atom. The lowest BCUT2D eigenvalue weighted by Gasteiger charge is -2.17. The minimum absolute atomic E-state index is 0.00902. The second-order valence-corrected chi connectivity index (χ2v) is 9.11. The second-order valence-electron chi connectivity index (χ2n) is 5.95. The molecule has 0 saturated carbocycles. The van der Waals surface area contributed by atoms with Crippen molar-refractivity contribution >= 4 is 33.0 Å². The number of sulfonamides is 1. The van der Waals surface area contributed by atoms with Crippen molar-refractivity contribution in [3.63, 3.8) is 0 Å². The van der Waals surface area contributed by atoms with E-state index in [0.717, 1.165) is 4.31 Å². The Kier molecular flexibility index (Phi) is 6.76. The fourth-order valence-electron chi connectivity index (χ4n) is 2.32. The van der Waals surface area contributed by atoms with Gasteiger partial charge in [-0.25, -0.2) is 12.7 Å². The van der Waals surface area contributed by atoms with Crippen LogP contribution in [0.25, 0.3) is 0 Å². The SMILES string of the molecule is COc1ccc(NC(=O)CN(C)Cc2cccs2)cc1S(=O)(=O)N(C)C. The van der Waals surface area contributed by atoms with Gasteiger partial charge in [0.2, 0.25) is 15.9 Å². The monoisotopic (exact) mass is 397 g/mol. The van der Waals surface area contributed by atoms with Crippen molar-refractivity contribution in [3.05, 3.63) is 40.6 Å². The van der Waals surface area contributed by atoms with Crippen molar-refractivity contribution < 1.29 is 17.9 Å². The van der Waals surface area contributed by atoms with Gasteiger partial charge in [0.1, 0.15) is 10.6 Å². The molecule has 2 aromatic rings. The van der Waals surface area contributed by atoms with Gasteiger partial charge in [0.25, 0.3) is 0 Å². The number of hydrogen-bond donors (Lipinski definition) is 1. The summed E-state index contributed by atoms with van der Waals surface area (Å²) in [4.78, 5) is 15.3. The maximum Gasteiger partial charge on any atom is 0.246 e. The van der Waals surface area contributed by atoms with Gasteiger partial charge in [0.15, 0.2) is 0 Å². The van der Waals surface area contributed by atoms with E-state index in [0.29, 0.717) is 12.2 Å². The highest BCUT2D eigenvalue weighted by molar-refractivity contribution is 7.89. The van der Waals surface area contributed by atoms with E-state index in [1.807, 2.05) is 29.5 Å². The van der Waals surface area contributed by atoms with Gasteiger partial charge in [-0.15, -0.1) is 11.3 Å². The lowest BCUT2D eigenvalue weighted by molar-refractivity contribution is -0.117. The molecule has 0 fully saturated rings. The predicted octanol–water partition coefficient (Wildman–Crippen LogP) is 2.08. The first-order valence-corrected chi connectivity index (χ1v) is 10.2. The smallest absolute Gasteiger partial charge is 0.246 e. The number of ether oxygens (including phenoxy) is 1. The maximum atomic E-state index is 12.4. The molecule has 0 aliphatic carbocycles. The molecule has 1 amide bonds. The summed E-state index contributed by atoms with van der Waals surface area (Å²) in [6.07, 6.45) is 0. The highest BCUT2D eigenvalue weighted by Crippen LogP contribution is 2.28. The Morgan fingerprint density at radius 3 is 2.54 bits per heavy atom. The van der Waals surface area contributed by atoms with Gasteiger partial charge in [0.05, 0.1) is 13.7 Å². The molecule has 0 saturated heterocycles. The van der Waals surface area contributed by atoms with E-state index in [9.17, 15) is 13.2 Å². The molecule has 1 N–H and O–H groups in total. The molecule has 7 nitrogen and oxygen atoms in total. The summed E-state index contributed by atoms with van der Waals surface area (Å²) in [7, 11) is 2.46. The average molecular weight is 398 g/mol. The van der Waals surface area contributed by atoms with Gasteiger partial charge >= 0.3 is 0 Å². The standard InChI is InChI=1S/C17H23N3O4S2/c1-19(2)26(22,23)16-10-13(7-8-15(16)24-4)18-17(21)12-20(3)11-14-6-5-9-25-14/h5-10H,11-12H2,1-4H3,(H,18,21). The maximum absolute atomic E-state index is 12.4. The first-order valence-electron chi connectivity index (χ1n) is 7.85. The summed E-state index contributed by atoms with van der Waals surface area (Å²) in [5.74, 6) is 0.00827. The number of carbonyl (C=O) groups excluding carboxylic acids is 1. The first kappa shape index (κ1) is 20.4. The van der Waals surface area contributed by atoms with Crippen LogP contribution in [0.3, 0.4) is 0 Å². The number of methoxy groups -OCH3 is 1. The van der Waals surface area contributed by atoms with E-state index in [-0.39, 0.29) is 23.1 Å². The molecule has 0 radical (unpaired) electrons. The average Bonchev–Trinajstić information content (AvgIpc) is 3.07. The van der Waals surface area contributed by atoms with Gasteiger partial charge in [-0.2, -0.15) is 0 Å². The fraction of sp³-hybridized carbons (Fsp3) is 0.353. The molecule has 0 bridgehead atoms. The molecule has 1 heterocycles. The minimum atomic E-state index is -3.69. The van der Waals surface area contributed by atoms with Crippen LogP contribution < -0.4 is 10.1 Å². The summed E-state index contributed by atoms with van der Waals surface area (Å²) < 4.78 is 31.1. The molecule has 0 aliphatic heterocycles. The highest BCUT2D eigenvalue weighted by Gasteiger charge is 2.23. The number of nitrogens with zero attached hydrogens (tertiary/aromatic N) is 2. The quantitative estimate of drug-likeness (QED) is 0.738. The molecule has 1 aromatic carbocycles. The van der Waals surface area contributed by atoms with Crippen LogP contribution in [-0.4, -0.2) is 58.3 Å². The summed E-state index contributed by atoms with van der Waals surface area (Å²) in [6, 6.07) is 8.54. The summed E-state index contributed by atoms with van der Waals surface area (Å²) in [5, 5.41) is 4.73. The predicted molar refractivity (Wildman–Crippen MR) is 103 cm³/mol. The van der Waals surface area contributed by atoms with Crippen LogP contribution in [0.2, 0.25) is 0 Å². The third-order valence-corrected chi connectivity index (χ3v) is 6.32. The van der Waals surface area contributed by atoms with E-state index < -0.39 is 10.0 Å². The molecular weight excluding hydrogens is 374 g/mol. The van der Waals surface area contributed by atoms with Crippen LogP contribution >= 0.6 is 11.3 Å². The molecule has 26 heavy (non-hydrogen) atoms. The number of amides is 1. The van der Waals surface area contributed by atoms with Crippen LogP contribution in [0, 0.1) is 0 Å². The van der Waals surface area contributed by atoms with Gasteiger partial charge in [-0.1, -0.05) is 6.07 Å². The van der Waals surface area contributed by atoms with Gasteiger partial charge in [-0.3, -0.25) is 9.69 Å². The second kappa shape index (κ2) is 8.63. The largest absolute Gasteiger partial charge is 0.495 e. The van der Waals surface area contributed by atoms with Crippen molar-refractivity contribution in [2.75, 3.05) is 40.1 Å². The highest BCUT2D eigenvalue weighted by atomic mass is 32.2. The lowest BCUT2D eigenvalue weighted by atomic mass is 10.3. The number of anilines is 1. The number of hydrogen-bond acceptors (Lipinski definition) is 6. The zero-order valence-electron chi connectivity index (χ0n) is 15.2. The lowest BCUT2D eigenvalue weighted by Crippen LogP contribution is -2.29. The number of benzene rings is 1. The zero-order chi connectivity index (χ0) is 19.3. The van der Waals surface area contributed by atoms with Crippen molar-refractivity contribution in [2.24, 2.45) is 0 Å². The molecule has 2 rings (SSSR count). The molecule has 0 atom stereocenters. The molecule has 0 aliphatic rings. The summed E-state index contributed by atoms with van der Waals surface area (Å²) in [5.41, 5.74) is 0.403. The molecule has 9 heteroatoms. The number of nitrogens with one attached hydrogen (secondary N) is 1. The van der Waals surface area contributed by atoms with Crippen LogP contribution in [0.1, 0.15) is 4.88 Å². The number of carbonyl (C=O) groups is 1. The van der Waals surface area contributed by atoms with Crippen LogP contribution in [0.4, 0.5) is 5.69 Å². The zero-order valence-corrected chi connectivity index (χ0v) is 16.9. The van der Waals surface area contributed by atoms with Crippen LogP contribution in [0.5, 0.6) is 5.75 Å². The number of rotatable bonds is 8. The van der Waals surface area contributed by atoms with Crippen molar-refractivity contribution in [1.29, 1.82) is 0 Å². The molecule has 1 aromatic heterocycles. The van der Waals surface area contributed by atoms with Gasteiger partial charge in [-0.05, 0) is 36.7 Å². The number of thiophene rings is 1. The van der Waals surface area contributed by atoms with Gasteiger partial charge in [0, 0.05) is 31.2 Å². The van der Waals surface area contributed by atoms with E-state index in [1.54, 1.807) is 17.4 Å². The van der Waals surface area contributed by atoms with Crippen LogP contribution in [0.15, 0.2) is 40.6 Å². The van der Waals surface area contributed by atoms with E-state index in [4.69, 9.17) is 4.74 Å². The van der Waals surface area contributed by atoms with E-state index >= 15 is 0 Å². The Bertz CT molecular complexity index is 849. The Labute approximate surface area is 158 Å². The Hall–Kier alpha value is -1.94. The Morgan fingerprint density at radius 1 is 1.23 bits per heavy atom. The Balaban J connectivity index is 2.10. The number of likely N-dealkylation sites (N-methyl/N-ethyl adjacent to an activating group) is 1. The normalized spacial score (nSPS) is 11.8. The summed E-state index contributed by atoms with van der Waals surface area (Å²) in [6.45, 7) is 0.869. The van der Waals surface area contributed by atoms with E-state index in [1.165, 1.54) is 38.2 Å². The molecule has 0 unspecified atom stereocenters. The topological polar surface area (TPSA) is 79.0 Å². The first-order chi connectivity index (χ1) is 12.2. The van der Waals surface area contributed by atoms with Crippen molar-refractivity contribution in [3.8, 4) is 5.75 Å². The molecule has 142 valence electrons. The van der Waals surface area contributed by atoms with Crippen molar-refractivity contribution in [2.45, 2.75) is 11.4 Å². The molecule has 0 spiro atoms. The molecular formula is C17H23N3O4S2. The van der Waals surface area contributed by atoms with Crippen LogP contribution in [-0.2, 0) is 21.4 Å². The van der Waals surface area contributed by atoms with Crippen molar-refractivity contribution in [1.82, 2.24) is 9.21 Å². The fourth-order valence-corrected chi connectivity index (χ4v) is 4.18.